The minimum absolute atomic E-state index is 0.00577. The van der Waals surface area contributed by atoms with Crippen molar-refractivity contribution >= 4 is 54.4 Å². The minimum atomic E-state index is -1.10. The van der Waals surface area contributed by atoms with Gasteiger partial charge in [-0.1, -0.05) is 0 Å². The van der Waals surface area contributed by atoms with Gasteiger partial charge < -0.3 is 70.2 Å². The van der Waals surface area contributed by atoms with Gasteiger partial charge in [-0.25, -0.2) is 14.4 Å². The van der Waals surface area contributed by atoms with Crippen molar-refractivity contribution in [3.63, 3.8) is 0 Å². The first kappa shape index (κ1) is 55.1. The lowest BCUT2D eigenvalue weighted by atomic mass is 10.2. The first-order valence-electron chi connectivity index (χ1n) is 20.6. The second-order valence-electron chi connectivity index (χ2n) is 14.0. The van der Waals surface area contributed by atoms with Crippen LogP contribution < -0.4 is 24.3 Å². The summed E-state index contributed by atoms with van der Waals surface area (Å²) in [4.78, 5) is 59.0. The minimum Gasteiger partial charge on any atom is -0.508 e. The molecular formula is C48H51N5O17. The summed E-state index contributed by atoms with van der Waals surface area (Å²) in [6.45, 7) is 1.07. The van der Waals surface area contributed by atoms with Gasteiger partial charge in [0.2, 0.25) is 5.91 Å². The molecule has 0 unspecified atom stereocenters. The van der Waals surface area contributed by atoms with E-state index < -0.39 is 37.7 Å². The maximum Gasteiger partial charge on any atom is 0.341 e. The Morgan fingerprint density at radius 3 is 1.17 bits per heavy atom. The van der Waals surface area contributed by atoms with Gasteiger partial charge in [-0.05, 0) is 91.0 Å². The maximum absolute atomic E-state index is 11.1. The summed E-state index contributed by atoms with van der Waals surface area (Å²) in [5.74, 6) is -1.85. The maximum atomic E-state index is 11.1. The van der Waals surface area contributed by atoms with Crippen LogP contribution in [0.5, 0.6) is 51.7 Å². The number of aliphatic hydroxyl groups excluding tert-OH is 1. The number of phenols is 5. The van der Waals surface area contributed by atoms with Gasteiger partial charge in [-0.2, -0.15) is 0 Å². The number of hydrogen-bond donors (Lipinski definition) is 10. The van der Waals surface area contributed by atoms with Gasteiger partial charge in [-0.3, -0.25) is 24.8 Å². The standard InChI is InChI=1S/C20H21N3O6.C19H20N2O6.C9H10O5/c1-13(24)23-16-2-4-18(25)14(8-16)10-21-6-7-22-11-15-9-17(3-5-19(15)26)29-12-20(27)28;1-26-15-2-4-17(22)13(8-15)10-20-6-7-21-11-14-9-16(3-5-18(14)23)27-12-19(24)25;10-4-6-3-7(1-2-8(6)11)14-5-9(12)13/h2-5,8-11,25-26H,6-7,12H2,1H3,(H,23,24)(H,27,28);2-5,8-11,22-23H,6-7,12H2,1H3,(H,24,25);1-3,10-11H,4-5H2,(H,12,13). The molecule has 0 aliphatic carbocycles. The number of carbonyl (C=O) groups is 4. The normalized spacial score (nSPS) is 10.8. The van der Waals surface area contributed by atoms with E-state index in [1.807, 2.05) is 0 Å². The molecule has 5 aromatic rings. The van der Waals surface area contributed by atoms with Crippen LogP contribution in [0.15, 0.2) is 111 Å². The summed E-state index contributed by atoms with van der Waals surface area (Å²) in [7, 11) is 1.54. The SMILES string of the molecule is CC(=O)Nc1ccc(O)c(C=NCCN=Cc2cc(OCC(=O)O)ccc2O)c1.COc1ccc(O)c(C=NCCN=Cc2cc(OCC(=O)O)ccc2O)c1.O=C(O)COc1ccc(O)c(CO)c1. The molecule has 0 aromatic heterocycles. The van der Waals surface area contributed by atoms with Crippen molar-refractivity contribution in [2.45, 2.75) is 13.5 Å². The third-order valence-corrected chi connectivity index (χ3v) is 8.53. The van der Waals surface area contributed by atoms with E-state index in [-0.39, 0.29) is 41.3 Å². The molecular weight excluding hydrogens is 919 g/mol. The molecule has 1 amide bonds. The quantitative estimate of drug-likeness (QED) is 0.0259. The van der Waals surface area contributed by atoms with Crippen LogP contribution in [0, 0.1) is 0 Å². The number of aliphatic carboxylic acids is 3. The smallest absolute Gasteiger partial charge is 0.341 e. The lowest BCUT2D eigenvalue weighted by Crippen LogP contribution is -2.09. The molecule has 10 N–H and O–H groups in total. The highest BCUT2D eigenvalue weighted by molar-refractivity contribution is 5.92. The Kier molecular flexibility index (Phi) is 23.2. The van der Waals surface area contributed by atoms with E-state index in [4.69, 9.17) is 39.4 Å². The number of anilines is 1. The number of hydrogen-bond acceptors (Lipinski definition) is 18. The molecule has 0 spiro atoms. The number of carbonyl (C=O) groups excluding carboxylic acids is 1. The predicted octanol–water partition coefficient (Wildman–Crippen LogP) is 4.51. The summed E-state index contributed by atoms with van der Waals surface area (Å²) in [5, 5.41) is 85.4. The van der Waals surface area contributed by atoms with Crippen LogP contribution in [0.3, 0.4) is 0 Å². The Morgan fingerprint density at radius 2 is 0.814 bits per heavy atom. The van der Waals surface area contributed by atoms with Gasteiger partial charge in [0.05, 0.1) is 39.9 Å². The zero-order valence-electron chi connectivity index (χ0n) is 37.7. The first-order chi connectivity index (χ1) is 33.5. The van der Waals surface area contributed by atoms with Gasteiger partial charge in [-0.15, -0.1) is 0 Å². The van der Waals surface area contributed by atoms with Gasteiger partial charge in [0.1, 0.15) is 51.7 Å². The molecule has 0 radical (unpaired) electrons. The van der Waals surface area contributed by atoms with Crippen molar-refractivity contribution in [2.75, 3.05) is 58.4 Å². The van der Waals surface area contributed by atoms with Crippen molar-refractivity contribution < 1.29 is 84.1 Å². The number of aliphatic hydroxyl groups is 1. The van der Waals surface area contributed by atoms with Crippen molar-refractivity contribution in [2.24, 2.45) is 20.0 Å². The number of nitrogens with one attached hydrogen (secondary N) is 1. The van der Waals surface area contributed by atoms with Crippen LogP contribution in [0.4, 0.5) is 5.69 Å². The number of carboxylic acid groups (broad SMARTS) is 3. The summed E-state index contributed by atoms with van der Waals surface area (Å²) in [6, 6.07) is 22.4. The van der Waals surface area contributed by atoms with Gasteiger partial charge in [0, 0.05) is 65.3 Å². The number of aromatic hydroxyl groups is 5. The second-order valence-corrected chi connectivity index (χ2v) is 14.0. The second kappa shape index (κ2) is 29.5. The van der Waals surface area contributed by atoms with Gasteiger partial charge in [0.15, 0.2) is 19.8 Å². The van der Waals surface area contributed by atoms with Crippen molar-refractivity contribution in [3.8, 4) is 51.7 Å². The molecule has 0 fully saturated rings. The Hall–Kier alpha value is -9.18. The molecule has 370 valence electrons. The number of rotatable bonds is 22. The first-order valence-corrected chi connectivity index (χ1v) is 20.6. The zero-order valence-corrected chi connectivity index (χ0v) is 37.7. The monoisotopic (exact) mass is 969 g/mol. The molecule has 5 rings (SSSR count). The molecule has 5 aromatic carbocycles. The van der Waals surface area contributed by atoms with Crippen LogP contribution in [0.2, 0.25) is 0 Å². The Bertz CT molecular complexity index is 2670. The lowest BCUT2D eigenvalue weighted by Gasteiger charge is -2.05. The number of aliphatic imine (C=N–C) groups is 4. The summed E-state index contributed by atoms with van der Waals surface area (Å²) in [5.41, 5.74) is 2.65. The highest BCUT2D eigenvalue weighted by Gasteiger charge is 2.08. The van der Waals surface area contributed by atoms with Gasteiger partial charge >= 0.3 is 17.9 Å². The summed E-state index contributed by atoms with van der Waals surface area (Å²) < 4.78 is 20.0. The largest absolute Gasteiger partial charge is 0.508 e. The highest BCUT2D eigenvalue weighted by Crippen LogP contribution is 2.25. The highest BCUT2D eigenvalue weighted by atomic mass is 16.5. The molecule has 22 nitrogen and oxygen atoms in total. The molecule has 0 heterocycles. The van der Waals surface area contributed by atoms with Crippen LogP contribution in [-0.2, 0) is 25.8 Å². The fourth-order valence-corrected chi connectivity index (χ4v) is 5.25. The van der Waals surface area contributed by atoms with E-state index in [0.29, 0.717) is 82.7 Å². The van der Waals surface area contributed by atoms with E-state index >= 15 is 0 Å². The number of benzene rings is 5. The van der Waals surface area contributed by atoms with Crippen molar-refractivity contribution in [1.29, 1.82) is 0 Å². The summed E-state index contributed by atoms with van der Waals surface area (Å²) >= 11 is 0. The van der Waals surface area contributed by atoms with E-state index in [9.17, 15) is 44.7 Å². The zero-order chi connectivity index (χ0) is 51.4. The van der Waals surface area contributed by atoms with Crippen molar-refractivity contribution in [1.82, 2.24) is 0 Å². The summed E-state index contributed by atoms with van der Waals surface area (Å²) in [6.07, 6.45) is 5.91. The molecule has 0 saturated heterocycles. The number of phenolic OH excluding ortho intramolecular Hbond substituents is 4. The van der Waals surface area contributed by atoms with Crippen LogP contribution in [0.25, 0.3) is 0 Å². The number of carboxylic acids is 3. The molecule has 0 aliphatic rings. The molecule has 22 heteroatoms. The number of methoxy groups -OCH3 is 1. The average Bonchev–Trinajstić information content (AvgIpc) is 3.32. The number of ether oxygens (including phenoxy) is 4. The van der Waals surface area contributed by atoms with Crippen LogP contribution >= 0.6 is 0 Å². The Morgan fingerprint density at radius 1 is 0.486 bits per heavy atom. The van der Waals surface area contributed by atoms with E-state index in [1.54, 1.807) is 31.4 Å². The molecule has 0 saturated carbocycles. The van der Waals surface area contributed by atoms with E-state index in [1.165, 1.54) is 98.5 Å². The molecule has 70 heavy (non-hydrogen) atoms. The number of nitrogens with zero attached hydrogens (tertiary/aromatic N) is 4. The molecule has 0 atom stereocenters. The topological polar surface area (TPSA) is 349 Å². The third-order valence-electron chi connectivity index (χ3n) is 8.53. The van der Waals surface area contributed by atoms with E-state index in [0.717, 1.165) is 0 Å². The fourth-order valence-electron chi connectivity index (χ4n) is 5.25. The fraction of sp³-hybridized carbons (Fsp3) is 0.208. The van der Waals surface area contributed by atoms with Gasteiger partial charge in [0.25, 0.3) is 0 Å². The molecule has 0 bridgehead atoms. The third kappa shape index (κ3) is 21.0. The average molecular weight is 970 g/mol. The predicted molar refractivity (Wildman–Crippen MR) is 257 cm³/mol. The van der Waals surface area contributed by atoms with Crippen LogP contribution in [-0.4, -0.2) is 148 Å². The van der Waals surface area contributed by atoms with E-state index in [2.05, 4.69) is 25.3 Å². The number of amides is 1. The Labute approximate surface area is 400 Å². The Balaban J connectivity index is 0.000000294. The lowest BCUT2D eigenvalue weighted by molar-refractivity contribution is -0.140. The molecule has 0 aliphatic heterocycles. The van der Waals surface area contributed by atoms with Crippen LogP contribution in [0.1, 0.15) is 34.7 Å². The van der Waals surface area contributed by atoms with Crippen molar-refractivity contribution in [3.05, 3.63) is 119 Å².